The van der Waals surface area contributed by atoms with Crippen LogP contribution in [0.5, 0.6) is 0 Å². The minimum Gasteiger partial charge on any atom is -0.450 e. The summed E-state index contributed by atoms with van der Waals surface area (Å²) in [5.74, 6) is -1.65. The molecule has 6 nitrogen and oxygen atoms in total. The molecule has 1 saturated carbocycles. The zero-order valence-corrected chi connectivity index (χ0v) is 15.0. The third-order valence-electron chi connectivity index (χ3n) is 4.68. The van der Waals surface area contributed by atoms with Gasteiger partial charge in [0.1, 0.15) is 11.5 Å². The Bertz CT molecular complexity index is 701. The van der Waals surface area contributed by atoms with E-state index in [0.29, 0.717) is 26.2 Å². The molecule has 1 aromatic carbocycles. The van der Waals surface area contributed by atoms with Gasteiger partial charge in [-0.2, -0.15) is 0 Å². The van der Waals surface area contributed by atoms with E-state index in [-0.39, 0.29) is 29.9 Å². The van der Waals surface area contributed by atoms with Crippen LogP contribution in [0.15, 0.2) is 12.1 Å². The number of rotatable bonds is 4. The van der Waals surface area contributed by atoms with Crippen molar-refractivity contribution in [1.82, 2.24) is 4.90 Å². The number of hydrogen-bond donors (Lipinski definition) is 0. The van der Waals surface area contributed by atoms with Crippen LogP contribution in [0.2, 0.25) is 0 Å². The maximum atomic E-state index is 15.1. The van der Waals surface area contributed by atoms with Gasteiger partial charge >= 0.3 is 6.09 Å². The van der Waals surface area contributed by atoms with E-state index < -0.39 is 17.7 Å². The van der Waals surface area contributed by atoms with Crippen molar-refractivity contribution in [1.29, 1.82) is 0 Å². The molecule has 1 heterocycles. The Hall–Kier alpha value is -2.38. The number of amides is 2. The predicted octanol–water partition coefficient (Wildman–Crippen LogP) is 2.76. The molecule has 0 unspecified atom stereocenters. The van der Waals surface area contributed by atoms with E-state index in [1.165, 1.54) is 28.9 Å². The standard InChI is InChI=1S/C18H23F2N3O3/c1-3-26-18(25)22-10-8-21(9-11-22)17-14(19)6-7-15(16(17)20)23(12(2)24)13-4-5-13/h6-7,13H,3-5,8-11H2,1-2H3. The maximum absolute atomic E-state index is 15.1. The molecule has 1 saturated heterocycles. The molecular weight excluding hydrogens is 344 g/mol. The van der Waals surface area contributed by atoms with Crippen molar-refractivity contribution >= 4 is 23.4 Å². The quantitative estimate of drug-likeness (QED) is 0.821. The Balaban J connectivity index is 1.81. The van der Waals surface area contributed by atoms with E-state index >= 15 is 4.39 Å². The molecule has 0 spiro atoms. The summed E-state index contributed by atoms with van der Waals surface area (Å²) in [5, 5.41) is 0. The van der Waals surface area contributed by atoms with Gasteiger partial charge in [-0.05, 0) is 31.9 Å². The van der Waals surface area contributed by atoms with Crippen molar-refractivity contribution in [3.05, 3.63) is 23.8 Å². The van der Waals surface area contributed by atoms with Crippen molar-refractivity contribution in [2.24, 2.45) is 0 Å². The number of carbonyl (C=O) groups excluding carboxylic acids is 2. The van der Waals surface area contributed by atoms with Gasteiger partial charge in [0.25, 0.3) is 0 Å². The molecule has 1 aromatic rings. The lowest BCUT2D eigenvalue weighted by atomic mass is 10.2. The van der Waals surface area contributed by atoms with Gasteiger partial charge in [-0.3, -0.25) is 4.79 Å². The second-order valence-corrected chi connectivity index (χ2v) is 6.52. The summed E-state index contributed by atoms with van der Waals surface area (Å²) < 4.78 is 34.5. The van der Waals surface area contributed by atoms with Crippen LogP contribution in [-0.2, 0) is 9.53 Å². The molecular formula is C18H23F2N3O3. The summed E-state index contributed by atoms with van der Waals surface area (Å²) >= 11 is 0. The van der Waals surface area contributed by atoms with Crippen molar-refractivity contribution in [2.45, 2.75) is 32.7 Å². The molecule has 3 rings (SSSR count). The van der Waals surface area contributed by atoms with Crippen LogP contribution < -0.4 is 9.80 Å². The molecule has 2 aliphatic rings. The van der Waals surface area contributed by atoms with E-state index in [9.17, 15) is 14.0 Å². The number of halogens is 2. The number of benzene rings is 1. The Labute approximate surface area is 151 Å². The summed E-state index contributed by atoms with van der Waals surface area (Å²) in [6.07, 6.45) is 1.23. The van der Waals surface area contributed by atoms with Gasteiger partial charge in [-0.25, -0.2) is 13.6 Å². The molecule has 26 heavy (non-hydrogen) atoms. The highest BCUT2D eigenvalue weighted by Crippen LogP contribution is 2.37. The molecule has 2 amide bonds. The third kappa shape index (κ3) is 3.59. The van der Waals surface area contributed by atoms with Crippen LogP contribution in [0, 0.1) is 11.6 Å². The second-order valence-electron chi connectivity index (χ2n) is 6.52. The molecule has 0 aromatic heterocycles. The molecule has 0 radical (unpaired) electrons. The van der Waals surface area contributed by atoms with E-state index in [2.05, 4.69) is 0 Å². The lowest BCUT2D eigenvalue weighted by molar-refractivity contribution is -0.116. The van der Waals surface area contributed by atoms with Gasteiger partial charge in [0.05, 0.1) is 12.3 Å². The summed E-state index contributed by atoms with van der Waals surface area (Å²) in [5.41, 5.74) is -0.0258. The third-order valence-corrected chi connectivity index (χ3v) is 4.68. The SMILES string of the molecule is CCOC(=O)N1CCN(c2c(F)ccc(N(C(C)=O)C3CC3)c2F)CC1. The summed E-state index contributed by atoms with van der Waals surface area (Å²) in [6.45, 7) is 4.62. The van der Waals surface area contributed by atoms with Gasteiger partial charge in [0.2, 0.25) is 5.91 Å². The highest BCUT2D eigenvalue weighted by atomic mass is 19.1. The van der Waals surface area contributed by atoms with Crippen molar-refractivity contribution in [3.63, 3.8) is 0 Å². The minimum atomic E-state index is -0.725. The zero-order valence-electron chi connectivity index (χ0n) is 15.0. The van der Waals surface area contributed by atoms with Gasteiger partial charge in [0.15, 0.2) is 5.82 Å². The summed E-state index contributed by atoms with van der Waals surface area (Å²) in [4.78, 5) is 28.2. The number of anilines is 2. The lowest BCUT2D eigenvalue weighted by Gasteiger charge is -2.36. The van der Waals surface area contributed by atoms with Crippen molar-refractivity contribution < 1.29 is 23.1 Å². The Morgan fingerprint density at radius 2 is 1.85 bits per heavy atom. The van der Waals surface area contributed by atoms with Crippen LogP contribution in [0.1, 0.15) is 26.7 Å². The smallest absolute Gasteiger partial charge is 0.409 e. The first kappa shape index (κ1) is 18.4. The number of ether oxygens (including phenoxy) is 1. The highest BCUT2D eigenvalue weighted by Gasteiger charge is 2.35. The zero-order chi connectivity index (χ0) is 18.8. The normalized spacial score (nSPS) is 17.2. The molecule has 8 heteroatoms. The Kier molecular flexibility index (Phi) is 5.29. The Morgan fingerprint density at radius 3 is 2.38 bits per heavy atom. The summed E-state index contributed by atoms with van der Waals surface area (Å²) in [7, 11) is 0. The van der Waals surface area contributed by atoms with Crippen LogP contribution >= 0.6 is 0 Å². The Morgan fingerprint density at radius 1 is 1.19 bits per heavy atom. The van der Waals surface area contributed by atoms with Crippen LogP contribution in [-0.4, -0.2) is 55.7 Å². The van der Waals surface area contributed by atoms with Gasteiger partial charge < -0.3 is 19.4 Å². The highest BCUT2D eigenvalue weighted by molar-refractivity contribution is 5.93. The van der Waals surface area contributed by atoms with E-state index in [0.717, 1.165) is 12.8 Å². The lowest BCUT2D eigenvalue weighted by Crippen LogP contribution is -2.49. The van der Waals surface area contributed by atoms with Crippen molar-refractivity contribution in [3.8, 4) is 0 Å². The molecule has 0 bridgehead atoms. The average molecular weight is 367 g/mol. The molecule has 1 aliphatic heterocycles. The molecule has 142 valence electrons. The van der Waals surface area contributed by atoms with Gasteiger partial charge in [0, 0.05) is 39.1 Å². The van der Waals surface area contributed by atoms with Gasteiger partial charge in [-0.15, -0.1) is 0 Å². The monoisotopic (exact) mass is 367 g/mol. The van der Waals surface area contributed by atoms with E-state index in [1.807, 2.05) is 0 Å². The molecule has 0 atom stereocenters. The molecule has 2 fully saturated rings. The van der Waals surface area contributed by atoms with Gasteiger partial charge in [-0.1, -0.05) is 0 Å². The number of piperazine rings is 1. The minimum absolute atomic E-state index is 0.0130. The first-order valence-corrected chi connectivity index (χ1v) is 8.88. The van der Waals surface area contributed by atoms with Crippen LogP contribution in [0.25, 0.3) is 0 Å². The number of hydrogen-bond acceptors (Lipinski definition) is 4. The summed E-state index contributed by atoms with van der Waals surface area (Å²) in [6, 6.07) is 2.51. The topological polar surface area (TPSA) is 53.1 Å². The first-order valence-electron chi connectivity index (χ1n) is 8.88. The predicted molar refractivity (Wildman–Crippen MR) is 93.3 cm³/mol. The molecule has 0 N–H and O–H groups in total. The van der Waals surface area contributed by atoms with Crippen LogP contribution in [0.3, 0.4) is 0 Å². The second kappa shape index (κ2) is 7.47. The fourth-order valence-corrected chi connectivity index (χ4v) is 3.29. The van der Waals surface area contributed by atoms with E-state index in [4.69, 9.17) is 4.74 Å². The first-order chi connectivity index (χ1) is 12.4. The van der Waals surface area contributed by atoms with Crippen molar-refractivity contribution in [2.75, 3.05) is 42.6 Å². The largest absolute Gasteiger partial charge is 0.450 e. The fourth-order valence-electron chi connectivity index (χ4n) is 3.29. The van der Waals surface area contributed by atoms with E-state index in [1.54, 1.807) is 11.8 Å². The molecule has 1 aliphatic carbocycles. The maximum Gasteiger partial charge on any atom is 0.409 e. The number of nitrogens with zero attached hydrogens (tertiary/aromatic N) is 3. The fraction of sp³-hybridized carbons (Fsp3) is 0.556. The average Bonchev–Trinajstić information content (AvgIpc) is 3.43. The number of carbonyl (C=O) groups is 2. The van der Waals surface area contributed by atoms with Crippen LogP contribution in [0.4, 0.5) is 25.0 Å².